The van der Waals surface area contributed by atoms with Crippen LogP contribution < -0.4 is 10.6 Å². The van der Waals surface area contributed by atoms with Gasteiger partial charge in [0.15, 0.2) is 0 Å². The number of hydrogen-bond donors (Lipinski definition) is 2. The van der Waals surface area contributed by atoms with Crippen molar-refractivity contribution >= 4 is 23.6 Å². The molecule has 3 heterocycles. The molecule has 0 aromatic carbocycles. The first-order valence-electron chi connectivity index (χ1n) is 9.12. The van der Waals surface area contributed by atoms with Crippen molar-refractivity contribution in [2.75, 3.05) is 32.7 Å². The van der Waals surface area contributed by atoms with E-state index in [0.717, 1.165) is 0 Å². The molecule has 0 saturated carbocycles. The van der Waals surface area contributed by atoms with Crippen molar-refractivity contribution in [2.45, 2.75) is 38.6 Å². The molecule has 0 aromatic heterocycles. The minimum atomic E-state index is -0.157. The number of hydrogen-bond acceptors (Lipinski definition) is 4. The van der Waals surface area contributed by atoms with Gasteiger partial charge < -0.3 is 20.4 Å². The Bertz CT molecular complexity index is 553. The highest BCUT2D eigenvalue weighted by Crippen LogP contribution is 2.23. The van der Waals surface area contributed by atoms with E-state index in [1.54, 1.807) is 4.90 Å². The minimum absolute atomic E-state index is 0.00656. The van der Waals surface area contributed by atoms with E-state index in [1.165, 1.54) is 0 Å². The van der Waals surface area contributed by atoms with Gasteiger partial charge in [0.05, 0.1) is 17.9 Å². The van der Waals surface area contributed by atoms with Crippen molar-refractivity contribution in [3.05, 3.63) is 0 Å². The molecule has 2 atom stereocenters. The zero-order valence-corrected chi connectivity index (χ0v) is 14.6. The fourth-order valence-corrected chi connectivity index (χ4v) is 3.81. The second-order valence-corrected chi connectivity index (χ2v) is 7.10. The predicted molar refractivity (Wildman–Crippen MR) is 89.2 cm³/mol. The zero-order valence-electron chi connectivity index (χ0n) is 14.6. The van der Waals surface area contributed by atoms with Crippen molar-refractivity contribution < 1.29 is 19.2 Å². The van der Waals surface area contributed by atoms with Crippen LogP contribution in [0, 0.1) is 11.8 Å². The molecule has 3 rings (SSSR count). The Morgan fingerprint density at radius 3 is 2.08 bits per heavy atom. The minimum Gasteiger partial charge on any atom is -0.355 e. The molecule has 0 aliphatic carbocycles. The lowest BCUT2D eigenvalue weighted by atomic mass is 9.93. The molecular formula is C17H26N4O4. The molecule has 3 saturated heterocycles. The lowest BCUT2D eigenvalue weighted by Gasteiger charge is -2.47. The Kier molecular flexibility index (Phi) is 5.24. The maximum atomic E-state index is 12.7. The van der Waals surface area contributed by atoms with Crippen LogP contribution in [-0.2, 0) is 19.2 Å². The van der Waals surface area contributed by atoms with Crippen molar-refractivity contribution in [3.8, 4) is 0 Å². The second-order valence-electron chi connectivity index (χ2n) is 7.10. The molecule has 4 amide bonds. The average Bonchev–Trinajstić information content (AvgIpc) is 2.58. The topological polar surface area (TPSA) is 98.8 Å². The van der Waals surface area contributed by atoms with Crippen LogP contribution in [0.5, 0.6) is 0 Å². The van der Waals surface area contributed by atoms with E-state index >= 15 is 0 Å². The largest absolute Gasteiger partial charge is 0.355 e. The highest BCUT2D eigenvalue weighted by molar-refractivity contribution is 5.86. The number of likely N-dealkylation sites (tertiary alicyclic amines) is 1. The summed E-state index contributed by atoms with van der Waals surface area (Å²) in [5, 5.41) is 5.50. The molecule has 2 N–H and O–H groups in total. The number of nitrogens with zero attached hydrogens (tertiary/aromatic N) is 2. The van der Waals surface area contributed by atoms with Gasteiger partial charge in [-0.15, -0.1) is 0 Å². The number of rotatable bonds is 4. The summed E-state index contributed by atoms with van der Waals surface area (Å²) in [7, 11) is 0. The smallest absolute Gasteiger partial charge is 0.227 e. The molecule has 3 fully saturated rings. The van der Waals surface area contributed by atoms with Crippen LogP contribution in [0.15, 0.2) is 0 Å². The summed E-state index contributed by atoms with van der Waals surface area (Å²) in [6.45, 7) is 4.49. The summed E-state index contributed by atoms with van der Waals surface area (Å²) in [6.07, 6.45) is 2.00. The molecule has 0 radical (unpaired) electrons. The molecule has 2 unspecified atom stereocenters. The van der Waals surface area contributed by atoms with Crippen LogP contribution >= 0.6 is 0 Å². The Hall–Kier alpha value is -2.12. The fourth-order valence-electron chi connectivity index (χ4n) is 3.81. The fraction of sp³-hybridized carbons (Fsp3) is 0.765. The van der Waals surface area contributed by atoms with Crippen LogP contribution in [0.4, 0.5) is 0 Å². The maximum absolute atomic E-state index is 12.7. The van der Waals surface area contributed by atoms with E-state index in [-0.39, 0.29) is 41.5 Å². The summed E-state index contributed by atoms with van der Waals surface area (Å²) in [5.41, 5.74) is 0. The number of carbonyl (C=O) groups excluding carboxylic acids is 4. The van der Waals surface area contributed by atoms with Crippen molar-refractivity contribution in [2.24, 2.45) is 11.8 Å². The van der Waals surface area contributed by atoms with E-state index in [2.05, 4.69) is 10.6 Å². The number of piperidine rings is 2. The molecule has 3 aliphatic heterocycles. The first-order chi connectivity index (χ1) is 12.0. The summed E-state index contributed by atoms with van der Waals surface area (Å²) in [5.74, 6) is -0.136. The number of carbonyl (C=O) groups is 4. The molecule has 25 heavy (non-hydrogen) atoms. The third-order valence-corrected chi connectivity index (χ3v) is 5.47. The monoisotopic (exact) mass is 350 g/mol. The summed E-state index contributed by atoms with van der Waals surface area (Å²) in [4.78, 5) is 51.3. The van der Waals surface area contributed by atoms with Gasteiger partial charge in [0, 0.05) is 45.6 Å². The van der Waals surface area contributed by atoms with Gasteiger partial charge >= 0.3 is 0 Å². The Labute approximate surface area is 147 Å². The molecule has 138 valence electrons. The predicted octanol–water partition coefficient (Wildman–Crippen LogP) is -0.902. The quantitative estimate of drug-likeness (QED) is 0.686. The van der Waals surface area contributed by atoms with Crippen LogP contribution in [-0.4, -0.2) is 72.2 Å². The van der Waals surface area contributed by atoms with E-state index in [0.29, 0.717) is 58.4 Å². The zero-order chi connectivity index (χ0) is 18.0. The molecule has 0 spiro atoms. The third-order valence-electron chi connectivity index (χ3n) is 5.47. The highest BCUT2D eigenvalue weighted by atomic mass is 16.2. The highest BCUT2D eigenvalue weighted by Gasteiger charge is 2.41. The molecule has 8 heteroatoms. The van der Waals surface area contributed by atoms with E-state index in [4.69, 9.17) is 0 Å². The third kappa shape index (κ3) is 3.77. The van der Waals surface area contributed by atoms with E-state index < -0.39 is 0 Å². The van der Waals surface area contributed by atoms with E-state index in [1.807, 2.05) is 11.8 Å². The van der Waals surface area contributed by atoms with E-state index in [9.17, 15) is 19.2 Å². The maximum Gasteiger partial charge on any atom is 0.227 e. The molecule has 0 bridgehead atoms. The van der Waals surface area contributed by atoms with Gasteiger partial charge in [0.25, 0.3) is 0 Å². The lowest BCUT2D eigenvalue weighted by molar-refractivity contribution is -0.152. The molecular weight excluding hydrogens is 324 g/mol. The van der Waals surface area contributed by atoms with Crippen LogP contribution in [0.1, 0.15) is 32.6 Å². The Morgan fingerprint density at radius 1 is 1.04 bits per heavy atom. The lowest BCUT2D eigenvalue weighted by Crippen LogP contribution is -2.65. The second kappa shape index (κ2) is 7.41. The van der Waals surface area contributed by atoms with Crippen molar-refractivity contribution in [1.82, 2.24) is 20.4 Å². The van der Waals surface area contributed by atoms with Crippen molar-refractivity contribution in [1.29, 1.82) is 0 Å². The molecule has 8 nitrogen and oxygen atoms in total. The van der Waals surface area contributed by atoms with Gasteiger partial charge in [-0.1, -0.05) is 0 Å². The van der Waals surface area contributed by atoms with Gasteiger partial charge in [-0.25, -0.2) is 0 Å². The summed E-state index contributed by atoms with van der Waals surface area (Å²) < 4.78 is 0. The first kappa shape index (κ1) is 17.7. The van der Waals surface area contributed by atoms with Crippen molar-refractivity contribution in [3.63, 3.8) is 0 Å². The van der Waals surface area contributed by atoms with Gasteiger partial charge in [0.2, 0.25) is 23.6 Å². The first-order valence-corrected chi connectivity index (χ1v) is 9.12. The van der Waals surface area contributed by atoms with Crippen LogP contribution in [0.25, 0.3) is 0 Å². The molecule has 3 aliphatic rings. The normalized spacial score (nSPS) is 27.2. The number of amides is 4. The Balaban J connectivity index is 1.49. The number of likely N-dealkylation sites (N-methyl/N-ethyl adjacent to an activating group) is 1. The number of nitrogens with one attached hydrogen (secondary N) is 2. The van der Waals surface area contributed by atoms with Gasteiger partial charge in [-0.05, 0) is 19.8 Å². The summed E-state index contributed by atoms with van der Waals surface area (Å²) in [6, 6.07) is 0.0530. The summed E-state index contributed by atoms with van der Waals surface area (Å²) >= 11 is 0. The standard InChI is InChI=1S/C17H26N4O4/c1-2-21(17(25)12-4-6-15(23)19-8-12)13-9-20(10-13)16(24)11-3-5-14(22)18-7-11/h11-13H,2-10H2,1H3,(H,18,22)(H,19,23). The SMILES string of the molecule is CCN(C(=O)C1CCC(=O)NC1)C1CN(C(=O)C2CCC(=O)NC2)C1. The Morgan fingerprint density at radius 2 is 1.60 bits per heavy atom. The van der Waals surface area contributed by atoms with Gasteiger partial charge in [-0.3, -0.25) is 19.2 Å². The van der Waals surface area contributed by atoms with Crippen LogP contribution in [0.2, 0.25) is 0 Å². The van der Waals surface area contributed by atoms with Crippen LogP contribution in [0.3, 0.4) is 0 Å². The molecule has 0 aromatic rings. The van der Waals surface area contributed by atoms with Gasteiger partial charge in [-0.2, -0.15) is 0 Å². The average molecular weight is 350 g/mol. The van der Waals surface area contributed by atoms with Gasteiger partial charge in [0.1, 0.15) is 0 Å².